The first-order chi connectivity index (χ1) is 9.73. The predicted molar refractivity (Wildman–Crippen MR) is 86.5 cm³/mol. The molecule has 0 unspecified atom stereocenters. The van der Waals surface area contributed by atoms with E-state index in [4.69, 9.17) is 9.98 Å². The highest BCUT2D eigenvalue weighted by atomic mass is 79.9. The summed E-state index contributed by atoms with van der Waals surface area (Å²) in [5.74, 6) is 2.09. The van der Waals surface area contributed by atoms with E-state index in [-0.39, 0.29) is 5.54 Å². The second-order valence-electron chi connectivity index (χ2n) is 5.51. The summed E-state index contributed by atoms with van der Waals surface area (Å²) in [5.41, 5.74) is 1.24. The number of rotatable bonds is 1. The third kappa shape index (κ3) is 1.70. The first kappa shape index (κ1) is 12.8. The van der Waals surface area contributed by atoms with Crippen LogP contribution in [0.25, 0.3) is 6.08 Å². The molecule has 104 valence electrons. The third-order valence-electron chi connectivity index (χ3n) is 4.43. The van der Waals surface area contributed by atoms with Crippen LogP contribution in [0.1, 0.15) is 31.2 Å². The maximum Gasteiger partial charge on any atom is 0.190 e. The lowest BCUT2D eigenvalue weighted by Gasteiger charge is -2.38. The van der Waals surface area contributed by atoms with Crippen LogP contribution in [0.3, 0.4) is 0 Å². The molecular formula is C14H15BrN4S. The maximum atomic E-state index is 4.77. The quantitative estimate of drug-likeness (QED) is 0.441. The minimum absolute atomic E-state index is 0.165. The smallest absolute Gasteiger partial charge is 0.190 e. The van der Waals surface area contributed by atoms with Gasteiger partial charge in [0, 0.05) is 0 Å². The highest BCUT2D eigenvalue weighted by Gasteiger charge is 2.47. The van der Waals surface area contributed by atoms with Crippen molar-refractivity contribution in [3.63, 3.8) is 0 Å². The molecule has 3 aliphatic rings. The van der Waals surface area contributed by atoms with Crippen LogP contribution in [-0.2, 0) is 0 Å². The number of hydrogen-bond acceptors (Lipinski definition) is 5. The van der Waals surface area contributed by atoms with Crippen molar-refractivity contribution in [2.45, 2.75) is 36.4 Å². The summed E-state index contributed by atoms with van der Waals surface area (Å²) in [5, 5.41) is 0.810. The standard InChI is InChI=1S/C14H15BrN4S/c1-20-13-17-11(15)9-4-5-10-16-8-14(6-2-3-7-14)19(10)12(9)18-13/h4-5H,2-3,6-8H2,1H3. The van der Waals surface area contributed by atoms with Gasteiger partial charge in [-0.05, 0) is 47.2 Å². The Morgan fingerprint density at radius 2 is 2.05 bits per heavy atom. The number of halogens is 1. The summed E-state index contributed by atoms with van der Waals surface area (Å²) in [7, 11) is 0. The van der Waals surface area contributed by atoms with Gasteiger partial charge >= 0.3 is 0 Å². The van der Waals surface area contributed by atoms with Crippen molar-refractivity contribution in [3.8, 4) is 0 Å². The van der Waals surface area contributed by atoms with Gasteiger partial charge < -0.3 is 4.90 Å². The van der Waals surface area contributed by atoms with Crippen molar-refractivity contribution >= 4 is 45.4 Å². The van der Waals surface area contributed by atoms with Gasteiger partial charge in [-0.15, -0.1) is 0 Å². The molecule has 1 aliphatic carbocycles. The van der Waals surface area contributed by atoms with E-state index in [2.05, 4.69) is 38.0 Å². The minimum Gasteiger partial charge on any atom is -0.303 e. The van der Waals surface area contributed by atoms with Gasteiger partial charge in [-0.2, -0.15) is 0 Å². The van der Waals surface area contributed by atoms with E-state index < -0.39 is 0 Å². The molecule has 0 atom stereocenters. The fraction of sp³-hybridized carbons (Fsp3) is 0.500. The van der Waals surface area contributed by atoms with Crippen LogP contribution in [-0.4, -0.2) is 34.1 Å². The Labute approximate surface area is 130 Å². The zero-order valence-corrected chi connectivity index (χ0v) is 13.7. The van der Waals surface area contributed by atoms with Gasteiger partial charge in [0.1, 0.15) is 16.3 Å². The lowest BCUT2D eigenvalue weighted by Crippen LogP contribution is -2.48. The van der Waals surface area contributed by atoms with Crippen LogP contribution in [0.5, 0.6) is 0 Å². The van der Waals surface area contributed by atoms with Crippen LogP contribution in [0, 0.1) is 0 Å². The van der Waals surface area contributed by atoms with Crippen molar-refractivity contribution in [2.75, 3.05) is 17.7 Å². The largest absolute Gasteiger partial charge is 0.303 e. The van der Waals surface area contributed by atoms with Gasteiger partial charge in [0.05, 0.1) is 17.6 Å². The van der Waals surface area contributed by atoms with Gasteiger partial charge in [-0.3, -0.25) is 4.99 Å². The molecule has 4 nitrogen and oxygen atoms in total. The van der Waals surface area contributed by atoms with E-state index in [1.54, 1.807) is 11.8 Å². The molecule has 1 aromatic rings. The van der Waals surface area contributed by atoms with E-state index in [0.717, 1.165) is 33.5 Å². The van der Waals surface area contributed by atoms with E-state index in [0.29, 0.717) is 0 Å². The molecule has 20 heavy (non-hydrogen) atoms. The summed E-state index contributed by atoms with van der Waals surface area (Å²) in [6, 6.07) is 0. The molecule has 0 bridgehead atoms. The fourth-order valence-corrected chi connectivity index (χ4v) is 4.42. The van der Waals surface area contributed by atoms with E-state index in [1.807, 2.05) is 6.26 Å². The highest BCUT2D eigenvalue weighted by Crippen LogP contribution is 2.45. The van der Waals surface area contributed by atoms with Gasteiger partial charge in [0.15, 0.2) is 5.16 Å². The normalized spacial score (nSPS) is 22.1. The van der Waals surface area contributed by atoms with E-state index in [1.165, 1.54) is 25.7 Å². The molecule has 1 fully saturated rings. The molecule has 3 heterocycles. The topological polar surface area (TPSA) is 41.4 Å². The summed E-state index contributed by atoms with van der Waals surface area (Å²) < 4.78 is 0.877. The molecule has 1 aromatic heterocycles. The van der Waals surface area contributed by atoms with Gasteiger partial charge in [-0.1, -0.05) is 24.6 Å². The Hall–Kier alpha value is -0.880. The highest BCUT2D eigenvalue weighted by molar-refractivity contribution is 9.10. The number of thioether (sulfide) groups is 1. The molecule has 0 aromatic carbocycles. The number of aliphatic imine (C=N–C) groups is 1. The van der Waals surface area contributed by atoms with E-state index >= 15 is 0 Å². The number of anilines is 1. The average molecular weight is 351 g/mol. The average Bonchev–Trinajstić information content (AvgIpc) is 3.08. The van der Waals surface area contributed by atoms with Crippen LogP contribution in [0.15, 0.2) is 20.8 Å². The molecule has 6 heteroatoms. The third-order valence-corrected chi connectivity index (χ3v) is 5.58. The number of nitrogens with zero attached hydrogens (tertiary/aromatic N) is 4. The maximum absolute atomic E-state index is 4.77. The predicted octanol–water partition coefficient (Wildman–Crippen LogP) is 3.52. The Morgan fingerprint density at radius 1 is 1.25 bits per heavy atom. The van der Waals surface area contributed by atoms with Gasteiger partial charge in [0.25, 0.3) is 0 Å². The summed E-state index contributed by atoms with van der Waals surface area (Å²) >= 11 is 5.16. The molecule has 1 spiro atoms. The zero-order chi connectivity index (χ0) is 13.7. The van der Waals surface area contributed by atoms with Crippen molar-refractivity contribution in [2.24, 2.45) is 4.99 Å². The van der Waals surface area contributed by atoms with Crippen LogP contribution < -0.4 is 4.90 Å². The molecule has 2 aliphatic heterocycles. The van der Waals surface area contributed by atoms with Crippen LogP contribution >= 0.6 is 27.7 Å². The van der Waals surface area contributed by atoms with E-state index in [9.17, 15) is 0 Å². The molecule has 4 rings (SSSR count). The monoisotopic (exact) mass is 350 g/mol. The van der Waals surface area contributed by atoms with Crippen LogP contribution in [0.4, 0.5) is 5.82 Å². The zero-order valence-electron chi connectivity index (χ0n) is 11.3. The Morgan fingerprint density at radius 3 is 2.80 bits per heavy atom. The second-order valence-corrected chi connectivity index (χ2v) is 7.04. The summed E-state index contributed by atoms with van der Waals surface area (Å²) in [6.07, 6.45) is 11.2. The molecule has 0 radical (unpaired) electrons. The number of aromatic nitrogens is 2. The molecule has 0 saturated heterocycles. The number of amidine groups is 1. The van der Waals surface area contributed by atoms with Crippen molar-refractivity contribution in [3.05, 3.63) is 16.2 Å². The van der Waals surface area contributed by atoms with Crippen molar-refractivity contribution in [1.82, 2.24) is 9.97 Å². The Kier molecular flexibility index (Phi) is 2.93. The van der Waals surface area contributed by atoms with Gasteiger partial charge in [0.2, 0.25) is 0 Å². The SMILES string of the molecule is CSc1nc(Br)c2c(n1)N1C(=NCC13CCCC3)C=C2. The first-order valence-corrected chi connectivity index (χ1v) is 8.90. The lowest BCUT2D eigenvalue weighted by atomic mass is 9.95. The van der Waals surface area contributed by atoms with Crippen molar-refractivity contribution in [1.29, 1.82) is 0 Å². The summed E-state index contributed by atoms with van der Waals surface area (Å²) in [6.45, 7) is 0.905. The van der Waals surface area contributed by atoms with Crippen molar-refractivity contribution < 1.29 is 0 Å². The molecule has 1 saturated carbocycles. The second kappa shape index (κ2) is 4.56. The lowest BCUT2D eigenvalue weighted by molar-refractivity contribution is 0.468. The number of hydrogen-bond donors (Lipinski definition) is 0. The minimum atomic E-state index is 0.165. The molecule has 0 amide bonds. The number of fused-ring (bicyclic) bond motifs is 4. The Bertz CT molecular complexity index is 634. The summed E-state index contributed by atoms with van der Waals surface area (Å²) in [4.78, 5) is 16.4. The molecule has 0 N–H and O–H groups in total. The first-order valence-electron chi connectivity index (χ1n) is 6.88. The molecular weight excluding hydrogens is 336 g/mol. The van der Waals surface area contributed by atoms with Crippen LogP contribution in [0.2, 0.25) is 0 Å². The van der Waals surface area contributed by atoms with Gasteiger partial charge in [-0.25, -0.2) is 9.97 Å². The Balaban J connectivity index is 1.90. The fourth-order valence-electron chi connectivity index (χ4n) is 3.46.